The first-order chi connectivity index (χ1) is 11.5. The van der Waals surface area contributed by atoms with Crippen LogP contribution in [0.25, 0.3) is 6.08 Å². The van der Waals surface area contributed by atoms with Gasteiger partial charge >= 0.3 is 0 Å². The van der Waals surface area contributed by atoms with E-state index in [9.17, 15) is 20.0 Å². The average molecular weight is 329 g/mol. The largest absolute Gasteiger partial charge is 0.387 e. The first-order valence-corrected chi connectivity index (χ1v) is 7.47. The molecular weight excluding hydrogens is 310 g/mol. The van der Waals surface area contributed by atoms with Crippen molar-refractivity contribution in [2.24, 2.45) is 7.05 Å². The van der Waals surface area contributed by atoms with Crippen molar-refractivity contribution in [3.05, 3.63) is 70.0 Å². The van der Waals surface area contributed by atoms with E-state index < -0.39 is 11.0 Å². The Kier molecular flexibility index (Phi) is 5.86. The summed E-state index contributed by atoms with van der Waals surface area (Å²) in [5, 5.41) is 23.3. The summed E-state index contributed by atoms with van der Waals surface area (Å²) < 4.78 is 1.83. The second-order valence-electron chi connectivity index (χ2n) is 5.32. The third-order valence-corrected chi connectivity index (χ3v) is 3.57. The number of nitrogens with one attached hydrogen (secondary N) is 1. The van der Waals surface area contributed by atoms with Crippen molar-refractivity contribution >= 4 is 17.7 Å². The fourth-order valence-electron chi connectivity index (χ4n) is 2.24. The minimum absolute atomic E-state index is 0.00580. The van der Waals surface area contributed by atoms with Crippen molar-refractivity contribution in [3.8, 4) is 0 Å². The zero-order valence-corrected chi connectivity index (χ0v) is 13.3. The Morgan fingerprint density at radius 1 is 1.38 bits per heavy atom. The van der Waals surface area contributed by atoms with Crippen LogP contribution >= 0.6 is 0 Å². The molecule has 2 rings (SSSR count). The number of amides is 1. The van der Waals surface area contributed by atoms with E-state index in [1.165, 1.54) is 18.2 Å². The van der Waals surface area contributed by atoms with Crippen LogP contribution in [0.5, 0.6) is 0 Å². The maximum absolute atomic E-state index is 11.7. The lowest BCUT2D eigenvalue weighted by atomic mass is 10.2. The van der Waals surface area contributed by atoms with Crippen molar-refractivity contribution in [2.45, 2.75) is 12.5 Å². The van der Waals surface area contributed by atoms with Crippen LogP contribution in [-0.4, -0.2) is 27.0 Å². The molecule has 1 aromatic carbocycles. The molecule has 1 unspecified atom stereocenters. The van der Waals surface area contributed by atoms with E-state index in [0.717, 1.165) is 5.69 Å². The van der Waals surface area contributed by atoms with Gasteiger partial charge in [-0.15, -0.1) is 0 Å². The highest BCUT2D eigenvalue weighted by Gasteiger charge is 2.10. The van der Waals surface area contributed by atoms with Gasteiger partial charge in [0.25, 0.3) is 5.69 Å². The van der Waals surface area contributed by atoms with Crippen LogP contribution in [0.1, 0.15) is 23.8 Å². The molecule has 126 valence electrons. The predicted molar refractivity (Wildman–Crippen MR) is 90.1 cm³/mol. The molecular formula is C17H19N3O4. The molecule has 1 amide bonds. The Balaban J connectivity index is 1.78. The highest BCUT2D eigenvalue weighted by molar-refractivity contribution is 5.91. The predicted octanol–water partition coefficient (Wildman–Crippen LogP) is 2.19. The van der Waals surface area contributed by atoms with Gasteiger partial charge in [-0.05, 0) is 42.3 Å². The summed E-state index contributed by atoms with van der Waals surface area (Å²) in [6.07, 6.45) is 4.56. The molecule has 0 bridgehead atoms. The monoisotopic (exact) mass is 329 g/mol. The van der Waals surface area contributed by atoms with Crippen LogP contribution < -0.4 is 5.32 Å². The maximum Gasteiger partial charge on any atom is 0.269 e. The van der Waals surface area contributed by atoms with Gasteiger partial charge in [-0.25, -0.2) is 0 Å². The topological polar surface area (TPSA) is 97.4 Å². The summed E-state index contributed by atoms with van der Waals surface area (Å²) in [5.41, 5.74) is 1.50. The molecule has 2 N–H and O–H groups in total. The van der Waals surface area contributed by atoms with Crippen LogP contribution in [-0.2, 0) is 11.8 Å². The van der Waals surface area contributed by atoms with Gasteiger partial charge in [0.2, 0.25) is 5.91 Å². The number of hydrogen-bond donors (Lipinski definition) is 2. The molecule has 24 heavy (non-hydrogen) atoms. The SMILES string of the molecule is Cn1cccc1C(O)CCNC(=O)/C=C/c1ccc([N+](=O)[O-])cc1. The number of aromatic nitrogens is 1. The van der Waals surface area contributed by atoms with Crippen LogP contribution in [0.3, 0.4) is 0 Å². The maximum atomic E-state index is 11.7. The Morgan fingerprint density at radius 2 is 2.08 bits per heavy atom. The molecule has 2 aromatic rings. The summed E-state index contributed by atoms with van der Waals surface area (Å²) in [6, 6.07) is 9.59. The van der Waals surface area contributed by atoms with Crippen LogP contribution in [0, 0.1) is 10.1 Å². The number of nitrogens with zero attached hydrogens (tertiary/aromatic N) is 2. The first kappa shape index (κ1) is 17.4. The van der Waals surface area contributed by atoms with Gasteiger partial charge in [-0.2, -0.15) is 0 Å². The second-order valence-corrected chi connectivity index (χ2v) is 5.32. The number of aryl methyl sites for hydroxylation is 1. The minimum atomic E-state index is -0.635. The molecule has 0 radical (unpaired) electrons. The van der Waals surface area contributed by atoms with E-state index in [-0.39, 0.29) is 11.6 Å². The van der Waals surface area contributed by atoms with Crippen molar-refractivity contribution in [1.82, 2.24) is 9.88 Å². The molecule has 7 nitrogen and oxygen atoms in total. The number of benzene rings is 1. The standard InChI is InChI=1S/C17H19N3O4/c1-19-12-2-3-15(19)16(21)10-11-18-17(22)9-6-13-4-7-14(8-5-13)20(23)24/h2-9,12,16,21H,10-11H2,1H3,(H,18,22)/b9-6+. The molecule has 0 aliphatic rings. The number of hydrogen-bond acceptors (Lipinski definition) is 4. The van der Waals surface area contributed by atoms with E-state index in [1.54, 1.807) is 18.2 Å². The molecule has 0 saturated carbocycles. The number of aliphatic hydroxyl groups excluding tert-OH is 1. The number of rotatable bonds is 7. The number of carbonyl (C=O) groups is 1. The highest BCUT2D eigenvalue weighted by Crippen LogP contribution is 2.15. The normalized spacial score (nSPS) is 12.2. The minimum Gasteiger partial charge on any atom is -0.387 e. The Labute approximate surface area is 139 Å². The van der Waals surface area contributed by atoms with Crippen molar-refractivity contribution in [1.29, 1.82) is 0 Å². The fourth-order valence-corrected chi connectivity index (χ4v) is 2.24. The fraction of sp³-hybridized carbons (Fsp3) is 0.235. The lowest BCUT2D eigenvalue weighted by molar-refractivity contribution is -0.384. The Bertz CT molecular complexity index is 735. The van der Waals surface area contributed by atoms with Crippen LogP contribution in [0.15, 0.2) is 48.7 Å². The van der Waals surface area contributed by atoms with E-state index >= 15 is 0 Å². The van der Waals surface area contributed by atoms with Crippen molar-refractivity contribution in [3.63, 3.8) is 0 Å². The first-order valence-electron chi connectivity index (χ1n) is 7.47. The van der Waals surface area contributed by atoms with Gasteiger partial charge in [0.1, 0.15) is 0 Å². The molecule has 0 fully saturated rings. The van der Waals surface area contributed by atoms with Crippen molar-refractivity contribution in [2.75, 3.05) is 6.54 Å². The highest BCUT2D eigenvalue weighted by atomic mass is 16.6. The van der Waals surface area contributed by atoms with Gasteiger partial charge in [-0.3, -0.25) is 14.9 Å². The zero-order valence-electron chi connectivity index (χ0n) is 13.3. The summed E-state index contributed by atoms with van der Waals surface area (Å²) in [6.45, 7) is 0.343. The number of carbonyl (C=O) groups excluding carboxylic acids is 1. The molecule has 0 saturated heterocycles. The smallest absolute Gasteiger partial charge is 0.269 e. The number of nitro benzene ring substituents is 1. The van der Waals surface area contributed by atoms with Crippen LogP contribution in [0.2, 0.25) is 0 Å². The number of non-ortho nitro benzene ring substituents is 1. The summed E-state index contributed by atoms with van der Waals surface area (Å²) in [7, 11) is 1.85. The summed E-state index contributed by atoms with van der Waals surface area (Å²) in [4.78, 5) is 21.8. The van der Waals surface area contributed by atoms with Crippen molar-refractivity contribution < 1.29 is 14.8 Å². The lowest BCUT2D eigenvalue weighted by Gasteiger charge is -2.11. The summed E-state index contributed by atoms with van der Waals surface area (Å²) >= 11 is 0. The van der Waals surface area contributed by atoms with Gasteiger partial charge in [0.05, 0.1) is 11.0 Å². The molecule has 0 aliphatic carbocycles. The number of aliphatic hydroxyl groups is 1. The molecule has 0 aliphatic heterocycles. The van der Waals surface area contributed by atoms with E-state index in [1.807, 2.05) is 29.9 Å². The summed E-state index contributed by atoms with van der Waals surface area (Å²) in [5.74, 6) is -0.285. The van der Waals surface area contributed by atoms with Gasteiger partial charge in [0, 0.05) is 43.7 Å². The molecule has 0 spiro atoms. The average Bonchev–Trinajstić information content (AvgIpc) is 2.99. The molecule has 1 atom stereocenters. The lowest BCUT2D eigenvalue weighted by Crippen LogP contribution is -2.23. The Morgan fingerprint density at radius 3 is 2.67 bits per heavy atom. The van der Waals surface area contributed by atoms with Gasteiger partial charge < -0.3 is 15.0 Å². The van der Waals surface area contributed by atoms with Gasteiger partial charge in [0.15, 0.2) is 0 Å². The third kappa shape index (κ3) is 4.79. The van der Waals surface area contributed by atoms with Crippen LogP contribution in [0.4, 0.5) is 5.69 Å². The van der Waals surface area contributed by atoms with E-state index in [0.29, 0.717) is 18.5 Å². The molecule has 7 heteroatoms. The second kappa shape index (κ2) is 8.07. The van der Waals surface area contributed by atoms with E-state index in [4.69, 9.17) is 0 Å². The van der Waals surface area contributed by atoms with Gasteiger partial charge in [-0.1, -0.05) is 0 Å². The zero-order chi connectivity index (χ0) is 17.5. The third-order valence-electron chi connectivity index (χ3n) is 3.57. The quantitative estimate of drug-likeness (QED) is 0.462. The molecule has 1 aromatic heterocycles. The molecule has 1 heterocycles. The van der Waals surface area contributed by atoms with E-state index in [2.05, 4.69) is 5.32 Å². The Hall–Kier alpha value is -2.93. The number of nitro groups is 1.